The van der Waals surface area contributed by atoms with Crippen molar-refractivity contribution in [3.05, 3.63) is 40.9 Å². The van der Waals surface area contributed by atoms with Gasteiger partial charge >= 0.3 is 19.4 Å². The van der Waals surface area contributed by atoms with Crippen molar-refractivity contribution in [2.45, 2.75) is 77.9 Å². The maximum absolute atomic E-state index is 12.4. The van der Waals surface area contributed by atoms with Crippen LogP contribution in [0.3, 0.4) is 0 Å². The molecule has 1 heterocycles. The number of amides is 1. The summed E-state index contributed by atoms with van der Waals surface area (Å²) in [5, 5.41) is 2.67. The Labute approximate surface area is 203 Å². The molecular weight excluding hydrogens is 466 g/mol. The first-order valence-electron chi connectivity index (χ1n) is 11.1. The Kier molecular flexibility index (Phi) is 8.28. The summed E-state index contributed by atoms with van der Waals surface area (Å²) in [7, 11) is -0.791. The second-order valence-corrected chi connectivity index (χ2v) is 10.3. The number of carbonyl (C=O) groups is 3. The molecule has 1 N–H and O–H groups in total. The number of Topliss-reactive ketones (excluding diaryl/α,β-unsaturated/α-hetero) is 2. The zero-order valence-corrected chi connectivity index (χ0v) is 21.0. The molecule has 0 unspecified atom stereocenters. The van der Waals surface area contributed by atoms with E-state index in [1.165, 1.54) is 24.3 Å². The molecule has 1 aromatic carbocycles. The van der Waals surface area contributed by atoms with E-state index < -0.39 is 54.2 Å². The average molecular weight is 497 g/mol. The number of benzene rings is 1. The summed E-state index contributed by atoms with van der Waals surface area (Å²) in [6.45, 7) is 12.8. The fourth-order valence-electron chi connectivity index (χ4n) is 3.01. The third-order valence-electron chi connectivity index (χ3n) is 5.61. The predicted octanol–water partition coefficient (Wildman–Crippen LogP) is 4.93. The third-order valence-corrected chi connectivity index (χ3v) is 5.61. The van der Waals surface area contributed by atoms with E-state index in [0.717, 1.165) is 0 Å². The molecule has 0 bridgehead atoms. The van der Waals surface area contributed by atoms with Crippen molar-refractivity contribution in [2.75, 3.05) is 6.54 Å². The van der Waals surface area contributed by atoms with Crippen molar-refractivity contribution in [1.29, 1.82) is 0 Å². The minimum Gasteiger partial charge on any atom is -0.444 e. The molecule has 7 nitrogen and oxygen atoms in total. The molecule has 11 heteroatoms. The second-order valence-electron chi connectivity index (χ2n) is 10.3. The van der Waals surface area contributed by atoms with Gasteiger partial charge in [-0.2, -0.15) is 13.2 Å². The standard InChI is InChI=1S/C24H31BF3NO6/c1-21(2,3)33-20(32)29-14-17(25-34-22(4,5)23(6,7)35-25)12-15-8-10-16(11-9-15)18(30)13-19(31)24(26,27)28/h8-12H,13-14H2,1-7H3,(H,29,32). The smallest absolute Gasteiger partial charge is 0.444 e. The summed E-state index contributed by atoms with van der Waals surface area (Å²) >= 11 is 0. The Bertz CT molecular complexity index is 978. The Morgan fingerprint density at radius 1 is 1.00 bits per heavy atom. The summed E-state index contributed by atoms with van der Waals surface area (Å²) in [4.78, 5) is 35.3. The van der Waals surface area contributed by atoms with Crippen LogP contribution in [0.1, 0.15) is 70.8 Å². The highest BCUT2D eigenvalue weighted by molar-refractivity contribution is 6.56. The number of ether oxygens (including phenoxy) is 1. The molecule has 2 rings (SSSR count). The number of alkyl halides is 3. The molecule has 0 aromatic heterocycles. The van der Waals surface area contributed by atoms with Gasteiger partial charge in [0.15, 0.2) is 5.78 Å². The summed E-state index contributed by atoms with van der Waals surface area (Å²) in [6, 6.07) is 5.70. The normalized spacial score (nSPS) is 17.8. The molecule has 0 aliphatic carbocycles. The van der Waals surface area contributed by atoms with Crippen LogP contribution in [0.4, 0.5) is 18.0 Å². The fraction of sp³-hybridized carbons (Fsp3) is 0.542. The Balaban J connectivity index is 2.25. The molecule has 1 aliphatic heterocycles. The van der Waals surface area contributed by atoms with E-state index in [1.54, 1.807) is 26.8 Å². The van der Waals surface area contributed by atoms with Crippen molar-refractivity contribution >= 4 is 30.9 Å². The summed E-state index contributed by atoms with van der Waals surface area (Å²) in [5.41, 5.74) is -0.841. The van der Waals surface area contributed by atoms with Gasteiger partial charge in [0.2, 0.25) is 5.78 Å². The van der Waals surface area contributed by atoms with Crippen molar-refractivity contribution in [1.82, 2.24) is 5.32 Å². The maximum Gasteiger partial charge on any atom is 0.492 e. The first kappa shape index (κ1) is 28.6. The maximum atomic E-state index is 12.4. The highest BCUT2D eigenvalue weighted by atomic mass is 19.4. The third kappa shape index (κ3) is 7.93. The van der Waals surface area contributed by atoms with E-state index in [-0.39, 0.29) is 12.1 Å². The first-order chi connectivity index (χ1) is 15.8. The lowest BCUT2D eigenvalue weighted by Crippen LogP contribution is -2.41. The lowest BCUT2D eigenvalue weighted by atomic mass is 9.77. The molecule has 1 saturated heterocycles. The average Bonchev–Trinajstić information content (AvgIpc) is 2.90. The van der Waals surface area contributed by atoms with Gasteiger partial charge in [-0.3, -0.25) is 9.59 Å². The highest BCUT2D eigenvalue weighted by Gasteiger charge is 2.52. The van der Waals surface area contributed by atoms with Crippen LogP contribution in [0.5, 0.6) is 0 Å². The Morgan fingerprint density at radius 2 is 1.51 bits per heavy atom. The number of nitrogens with one attached hydrogen (secondary N) is 1. The molecule has 1 aliphatic rings. The van der Waals surface area contributed by atoms with Gasteiger partial charge in [-0.05, 0) is 59.5 Å². The van der Waals surface area contributed by atoms with Crippen molar-refractivity contribution in [3.8, 4) is 0 Å². The topological polar surface area (TPSA) is 90.9 Å². The number of carbonyl (C=O) groups excluding carboxylic acids is 3. The van der Waals surface area contributed by atoms with Crippen molar-refractivity contribution in [3.63, 3.8) is 0 Å². The zero-order chi connectivity index (χ0) is 26.8. The van der Waals surface area contributed by atoms with E-state index in [4.69, 9.17) is 14.0 Å². The van der Waals surface area contributed by atoms with Gasteiger partial charge in [0, 0.05) is 12.1 Å². The molecule has 1 amide bonds. The monoisotopic (exact) mass is 497 g/mol. The van der Waals surface area contributed by atoms with Crippen LogP contribution in [-0.4, -0.2) is 54.3 Å². The van der Waals surface area contributed by atoms with Gasteiger partial charge in [-0.25, -0.2) is 4.79 Å². The minimum atomic E-state index is -5.06. The second kappa shape index (κ2) is 10.1. The molecule has 0 atom stereocenters. The highest BCUT2D eigenvalue weighted by Crippen LogP contribution is 2.38. The Morgan fingerprint density at radius 3 is 1.97 bits per heavy atom. The van der Waals surface area contributed by atoms with Crippen molar-refractivity contribution in [2.24, 2.45) is 0 Å². The fourth-order valence-corrected chi connectivity index (χ4v) is 3.01. The molecule has 0 radical (unpaired) electrons. The van der Waals surface area contributed by atoms with E-state index in [9.17, 15) is 27.6 Å². The summed E-state index contributed by atoms with van der Waals surface area (Å²) in [6.07, 6.45) is -5.25. The van der Waals surface area contributed by atoms with Crippen LogP contribution >= 0.6 is 0 Å². The molecule has 35 heavy (non-hydrogen) atoms. The van der Waals surface area contributed by atoms with Crippen LogP contribution in [0, 0.1) is 0 Å². The summed E-state index contributed by atoms with van der Waals surface area (Å²) in [5.74, 6) is -3.02. The predicted molar refractivity (Wildman–Crippen MR) is 125 cm³/mol. The van der Waals surface area contributed by atoms with Crippen LogP contribution in [0.2, 0.25) is 0 Å². The number of alkyl carbamates (subject to hydrolysis) is 1. The molecule has 1 aromatic rings. The van der Waals surface area contributed by atoms with Crippen LogP contribution in [0.15, 0.2) is 29.7 Å². The van der Waals surface area contributed by atoms with Gasteiger partial charge in [-0.1, -0.05) is 30.3 Å². The SMILES string of the molecule is CC(C)(C)OC(=O)NCC(=Cc1ccc(C(=O)CC(=O)C(F)(F)F)cc1)B1OC(C)(C)C(C)(C)O1. The molecule has 192 valence electrons. The van der Waals surface area contributed by atoms with Crippen LogP contribution in [0.25, 0.3) is 6.08 Å². The Hall–Kier alpha value is -2.66. The number of halogens is 3. The number of hydrogen-bond donors (Lipinski definition) is 1. The molecular formula is C24H31BF3NO6. The van der Waals surface area contributed by atoms with E-state index >= 15 is 0 Å². The quantitative estimate of drug-likeness (QED) is 0.327. The largest absolute Gasteiger partial charge is 0.492 e. The summed E-state index contributed by atoms with van der Waals surface area (Å²) < 4.78 is 54.8. The lowest BCUT2D eigenvalue weighted by Gasteiger charge is -2.32. The number of ketones is 2. The molecule has 0 spiro atoms. The van der Waals surface area contributed by atoms with Gasteiger partial charge in [0.25, 0.3) is 0 Å². The van der Waals surface area contributed by atoms with E-state index in [2.05, 4.69) is 5.32 Å². The van der Waals surface area contributed by atoms with Gasteiger partial charge in [-0.15, -0.1) is 0 Å². The zero-order valence-electron chi connectivity index (χ0n) is 21.0. The van der Waals surface area contributed by atoms with Crippen LogP contribution in [-0.2, 0) is 18.8 Å². The van der Waals surface area contributed by atoms with E-state index in [0.29, 0.717) is 11.0 Å². The molecule has 1 fully saturated rings. The number of rotatable bonds is 7. The van der Waals surface area contributed by atoms with E-state index in [1.807, 2.05) is 27.7 Å². The minimum absolute atomic E-state index is 0.0242. The van der Waals surface area contributed by atoms with Gasteiger partial charge in [0.1, 0.15) is 5.60 Å². The molecule has 0 saturated carbocycles. The first-order valence-corrected chi connectivity index (χ1v) is 11.1. The lowest BCUT2D eigenvalue weighted by molar-refractivity contribution is -0.170. The van der Waals surface area contributed by atoms with Gasteiger partial charge < -0.3 is 19.4 Å². The van der Waals surface area contributed by atoms with Crippen molar-refractivity contribution < 1.29 is 41.6 Å². The van der Waals surface area contributed by atoms with Gasteiger partial charge in [0.05, 0.1) is 17.6 Å². The number of hydrogen-bond acceptors (Lipinski definition) is 6. The van der Waals surface area contributed by atoms with Crippen LogP contribution < -0.4 is 5.32 Å².